The van der Waals surface area contributed by atoms with Crippen LogP contribution in [-0.2, 0) is 14.3 Å². The Balaban J connectivity index is 1.76. The Morgan fingerprint density at radius 1 is 1.12 bits per heavy atom. The van der Waals surface area contributed by atoms with Gasteiger partial charge >= 0.3 is 0 Å². The third kappa shape index (κ3) is 4.89. The van der Waals surface area contributed by atoms with Gasteiger partial charge in [0.2, 0.25) is 0 Å². The van der Waals surface area contributed by atoms with E-state index in [1.165, 1.54) is 11.0 Å². The number of morpholine rings is 1. The fraction of sp³-hybridized carbons (Fsp3) is 0.360. The van der Waals surface area contributed by atoms with E-state index in [1.54, 1.807) is 43.3 Å². The van der Waals surface area contributed by atoms with E-state index in [0.717, 1.165) is 13.1 Å². The Hall–Kier alpha value is -3.07. The summed E-state index contributed by atoms with van der Waals surface area (Å²) in [6.45, 7) is 5.70. The third-order valence-electron chi connectivity index (χ3n) is 6.02. The topological polar surface area (TPSA) is 99.5 Å². The fourth-order valence-electron chi connectivity index (χ4n) is 4.27. The summed E-state index contributed by atoms with van der Waals surface area (Å²) in [6.07, 6.45) is 0. The number of amides is 1. The quantitative estimate of drug-likeness (QED) is 0.352. The fourth-order valence-corrected chi connectivity index (χ4v) is 4.39. The van der Waals surface area contributed by atoms with Gasteiger partial charge < -0.3 is 24.6 Å². The molecular weight excluding hydrogens is 460 g/mol. The number of phenolic OH excluding ortho intramolecular Hbond substituents is 1. The van der Waals surface area contributed by atoms with Gasteiger partial charge in [-0.1, -0.05) is 17.7 Å². The third-order valence-corrected chi connectivity index (χ3v) is 6.27. The highest BCUT2D eigenvalue weighted by atomic mass is 35.5. The molecule has 0 aromatic heterocycles. The molecule has 2 heterocycles. The lowest BCUT2D eigenvalue weighted by atomic mass is 9.95. The molecule has 2 fully saturated rings. The lowest BCUT2D eigenvalue weighted by Crippen LogP contribution is -2.42. The molecule has 2 N–H and O–H groups in total. The molecule has 0 unspecified atom stereocenters. The summed E-state index contributed by atoms with van der Waals surface area (Å²) >= 11 is 5.97. The van der Waals surface area contributed by atoms with Gasteiger partial charge in [-0.25, -0.2) is 0 Å². The van der Waals surface area contributed by atoms with Gasteiger partial charge in [-0.15, -0.1) is 0 Å². The van der Waals surface area contributed by atoms with Crippen LogP contribution in [-0.4, -0.2) is 77.7 Å². The number of aliphatic hydroxyl groups is 1. The summed E-state index contributed by atoms with van der Waals surface area (Å²) in [6, 6.07) is 10.3. The summed E-state index contributed by atoms with van der Waals surface area (Å²) in [7, 11) is 0. The summed E-state index contributed by atoms with van der Waals surface area (Å²) < 4.78 is 10.9. The van der Waals surface area contributed by atoms with Gasteiger partial charge in [0.05, 0.1) is 31.4 Å². The van der Waals surface area contributed by atoms with Crippen molar-refractivity contribution in [3.63, 3.8) is 0 Å². The summed E-state index contributed by atoms with van der Waals surface area (Å²) in [4.78, 5) is 29.9. The van der Waals surface area contributed by atoms with Crippen molar-refractivity contribution >= 4 is 29.1 Å². The van der Waals surface area contributed by atoms with Crippen LogP contribution in [0.5, 0.6) is 11.5 Å². The number of ketones is 1. The van der Waals surface area contributed by atoms with E-state index in [-0.39, 0.29) is 29.4 Å². The van der Waals surface area contributed by atoms with Crippen molar-refractivity contribution in [3.05, 3.63) is 64.2 Å². The molecule has 0 spiro atoms. The second-order valence-corrected chi connectivity index (χ2v) is 8.55. The molecule has 1 atom stereocenters. The highest BCUT2D eigenvalue weighted by molar-refractivity contribution is 6.46. The van der Waals surface area contributed by atoms with Crippen molar-refractivity contribution < 1.29 is 29.3 Å². The smallest absolute Gasteiger partial charge is 0.295 e. The predicted octanol–water partition coefficient (Wildman–Crippen LogP) is 3.20. The maximum Gasteiger partial charge on any atom is 0.295 e. The maximum atomic E-state index is 13.2. The summed E-state index contributed by atoms with van der Waals surface area (Å²) in [5.74, 6) is -1.52. The number of ether oxygens (including phenoxy) is 2. The van der Waals surface area contributed by atoms with Crippen molar-refractivity contribution in [2.45, 2.75) is 13.0 Å². The van der Waals surface area contributed by atoms with E-state index in [4.69, 9.17) is 21.1 Å². The SMILES string of the molecule is CCOc1cc([C@@H]2C(=C(O)c3ccc(Cl)cc3)C(=O)C(=O)N2CCN2CCOCC2)ccc1O. The molecule has 2 aliphatic rings. The largest absolute Gasteiger partial charge is 0.507 e. The second-order valence-electron chi connectivity index (χ2n) is 8.11. The van der Waals surface area contributed by atoms with Crippen molar-refractivity contribution in [1.82, 2.24) is 9.80 Å². The number of hydrogen-bond donors (Lipinski definition) is 2. The molecule has 1 amide bonds. The first-order valence-electron chi connectivity index (χ1n) is 11.2. The molecule has 8 nitrogen and oxygen atoms in total. The summed E-state index contributed by atoms with van der Waals surface area (Å²) in [5, 5.41) is 21.8. The number of likely N-dealkylation sites (tertiary alicyclic amines) is 1. The minimum absolute atomic E-state index is 0.0116. The van der Waals surface area contributed by atoms with E-state index in [1.807, 2.05) is 0 Å². The van der Waals surface area contributed by atoms with Crippen molar-refractivity contribution in [1.29, 1.82) is 0 Å². The van der Waals surface area contributed by atoms with Crippen LogP contribution in [0.25, 0.3) is 5.76 Å². The van der Waals surface area contributed by atoms with Crippen LogP contribution in [0.3, 0.4) is 0 Å². The Morgan fingerprint density at radius 2 is 1.82 bits per heavy atom. The van der Waals surface area contributed by atoms with Gasteiger partial charge in [0.15, 0.2) is 11.5 Å². The second kappa shape index (κ2) is 10.5. The van der Waals surface area contributed by atoms with Gasteiger partial charge in [0, 0.05) is 36.8 Å². The Kier molecular flexibility index (Phi) is 7.41. The highest BCUT2D eigenvalue weighted by Crippen LogP contribution is 2.41. The number of nitrogens with zero attached hydrogens (tertiary/aromatic N) is 2. The maximum absolute atomic E-state index is 13.2. The van der Waals surface area contributed by atoms with Gasteiger partial charge in [-0.3, -0.25) is 14.5 Å². The molecule has 0 radical (unpaired) electrons. The van der Waals surface area contributed by atoms with Crippen LogP contribution in [0.2, 0.25) is 5.02 Å². The molecular formula is C25H27ClN2O6. The molecule has 0 aliphatic carbocycles. The first-order valence-corrected chi connectivity index (χ1v) is 11.6. The van der Waals surface area contributed by atoms with Gasteiger partial charge in [-0.2, -0.15) is 0 Å². The molecule has 2 aromatic carbocycles. The number of phenols is 1. The van der Waals surface area contributed by atoms with E-state index in [9.17, 15) is 19.8 Å². The number of benzene rings is 2. The Morgan fingerprint density at radius 3 is 2.50 bits per heavy atom. The number of carbonyl (C=O) groups excluding carboxylic acids is 2. The van der Waals surface area contributed by atoms with Crippen molar-refractivity contribution in [3.8, 4) is 11.5 Å². The van der Waals surface area contributed by atoms with Gasteiger partial charge in [0.25, 0.3) is 11.7 Å². The predicted molar refractivity (Wildman–Crippen MR) is 127 cm³/mol. The lowest BCUT2D eigenvalue weighted by molar-refractivity contribution is -0.140. The van der Waals surface area contributed by atoms with E-state index >= 15 is 0 Å². The molecule has 4 rings (SSSR count). The molecule has 2 saturated heterocycles. The molecule has 2 aromatic rings. The van der Waals surface area contributed by atoms with Crippen LogP contribution in [0.1, 0.15) is 24.1 Å². The standard InChI is InChI=1S/C25H27ClN2O6/c1-2-34-20-15-17(5-8-19(20)29)22-21(23(30)16-3-6-18(26)7-4-16)24(31)25(32)28(22)10-9-27-11-13-33-14-12-27/h3-8,15,22,29-30H,2,9-14H2,1H3/t22-/m1/s1. The van der Waals surface area contributed by atoms with E-state index in [0.29, 0.717) is 42.5 Å². The molecule has 9 heteroatoms. The number of carbonyl (C=O) groups is 2. The minimum Gasteiger partial charge on any atom is -0.507 e. The van der Waals surface area contributed by atoms with Crippen molar-refractivity contribution in [2.24, 2.45) is 0 Å². The normalized spacial score (nSPS) is 20.6. The molecule has 2 aliphatic heterocycles. The minimum atomic E-state index is -0.837. The molecule has 34 heavy (non-hydrogen) atoms. The van der Waals surface area contributed by atoms with Crippen LogP contribution in [0.4, 0.5) is 0 Å². The number of Topliss-reactive ketones (excluding diaryl/α,β-unsaturated/α-hetero) is 1. The number of halogens is 1. The first-order chi connectivity index (χ1) is 16.4. The average molecular weight is 487 g/mol. The zero-order valence-corrected chi connectivity index (χ0v) is 19.6. The molecule has 180 valence electrons. The Labute approximate surface area is 202 Å². The highest BCUT2D eigenvalue weighted by Gasteiger charge is 2.46. The monoisotopic (exact) mass is 486 g/mol. The summed E-state index contributed by atoms with van der Waals surface area (Å²) in [5.41, 5.74) is 0.921. The van der Waals surface area contributed by atoms with E-state index < -0.39 is 17.7 Å². The van der Waals surface area contributed by atoms with Crippen LogP contribution >= 0.6 is 11.6 Å². The number of aliphatic hydroxyl groups excluding tert-OH is 1. The number of rotatable bonds is 7. The zero-order chi connectivity index (χ0) is 24.2. The van der Waals surface area contributed by atoms with Crippen molar-refractivity contribution in [2.75, 3.05) is 46.0 Å². The average Bonchev–Trinajstić information content (AvgIpc) is 3.10. The van der Waals surface area contributed by atoms with Gasteiger partial charge in [-0.05, 0) is 48.9 Å². The molecule has 0 saturated carbocycles. The lowest BCUT2D eigenvalue weighted by Gasteiger charge is -2.31. The number of hydrogen-bond acceptors (Lipinski definition) is 7. The zero-order valence-electron chi connectivity index (χ0n) is 18.9. The van der Waals surface area contributed by atoms with Crippen LogP contribution in [0.15, 0.2) is 48.0 Å². The van der Waals surface area contributed by atoms with E-state index in [2.05, 4.69) is 4.90 Å². The van der Waals surface area contributed by atoms with Gasteiger partial charge in [0.1, 0.15) is 5.76 Å². The Bertz CT molecular complexity index is 1100. The first kappa shape index (κ1) is 24.1. The van der Waals surface area contributed by atoms with Crippen LogP contribution in [0, 0.1) is 0 Å². The molecule has 0 bridgehead atoms. The van der Waals surface area contributed by atoms with Crippen LogP contribution < -0.4 is 4.74 Å². The number of aromatic hydroxyl groups is 1.